The minimum atomic E-state index is -3.57. The predicted octanol–water partition coefficient (Wildman–Crippen LogP) is 1.25. The van der Waals surface area contributed by atoms with E-state index < -0.39 is 10.0 Å². The lowest BCUT2D eigenvalue weighted by Crippen LogP contribution is -2.51. The molecule has 0 aliphatic carbocycles. The van der Waals surface area contributed by atoms with Gasteiger partial charge in [-0.2, -0.15) is 4.31 Å². The van der Waals surface area contributed by atoms with E-state index in [1.807, 2.05) is 14.0 Å². The van der Waals surface area contributed by atoms with Crippen LogP contribution < -0.4 is 5.73 Å². The summed E-state index contributed by atoms with van der Waals surface area (Å²) in [5, 5.41) is 0.370. The Morgan fingerprint density at radius 2 is 2.05 bits per heavy atom. The van der Waals surface area contributed by atoms with Gasteiger partial charge >= 0.3 is 0 Å². The average Bonchev–Trinajstić information content (AvgIpc) is 2.35. The van der Waals surface area contributed by atoms with Crippen LogP contribution in [0.2, 0.25) is 5.02 Å². The second-order valence-electron chi connectivity index (χ2n) is 4.87. The molecule has 1 aromatic rings. The third-order valence-corrected chi connectivity index (χ3v) is 5.67. The van der Waals surface area contributed by atoms with Crippen LogP contribution in [0.4, 0.5) is 5.69 Å². The van der Waals surface area contributed by atoms with E-state index in [-0.39, 0.29) is 16.6 Å². The first kappa shape index (κ1) is 14.6. The smallest absolute Gasteiger partial charge is 0.245 e. The Balaban J connectivity index is 2.35. The molecule has 1 unspecified atom stereocenters. The van der Waals surface area contributed by atoms with Crippen molar-refractivity contribution in [2.24, 2.45) is 0 Å². The van der Waals surface area contributed by atoms with Gasteiger partial charge in [-0.1, -0.05) is 11.6 Å². The first-order chi connectivity index (χ1) is 8.82. The minimum Gasteiger partial charge on any atom is -0.398 e. The molecule has 1 heterocycles. The van der Waals surface area contributed by atoms with Gasteiger partial charge in [-0.3, -0.25) is 0 Å². The number of benzene rings is 1. The summed E-state index contributed by atoms with van der Waals surface area (Å²) >= 11 is 5.87. The molecule has 1 aliphatic heterocycles. The lowest BCUT2D eigenvalue weighted by atomic mass is 10.2. The molecule has 5 nitrogen and oxygen atoms in total. The third kappa shape index (κ3) is 2.86. The molecule has 1 aliphatic rings. The molecule has 0 radical (unpaired) electrons. The monoisotopic (exact) mass is 303 g/mol. The molecule has 1 saturated heterocycles. The number of nitrogens with two attached hydrogens (primary N) is 1. The highest BCUT2D eigenvalue weighted by molar-refractivity contribution is 7.89. The van der Waals surface area contributed by atoms with E-state index in [0.717, 1.165) is 0 Å². The summed E-state index contributed by atoms with van der Waals surface area (Å²) in [5.74, 6) is 0. The average molecular weight is 304 g/mol. The van der Waals surface area contributed by atoms with E-state index in [2.05, 4.69) is 4.90 Å². The normalized spacial score (nSPS) is 22.6. The number of nitrogens with zero attached hydrogens (tertiary/aromatic N) is 2. The maximum absolute atomic E-state index is 12.6. The first-order valence-corrected chi connectivity index (χ1v) is 7.89. The maximum Gasteiger partial charge on any atom is 0.245 e. The third-order valence-electron chi connectivity index (χ3n) is 3.52. The molecule has 1 atom stereocenters. The fourth-order valence-corrected chi connectivity index (χ4v) is 3.99. The van der Waals surface area contributed by atoms with Crippen molar-refractivity contribution in [3.05, 3.63) is 23.2 Å². The Morgan fingerprint density at radius 1 is 1.37 bits per heavy atom. The van der Waals surface area contributed by atoms with E-state index in [0.29, 0.717) is 24.7 Å². The molecule has 0 aromatic heterocycles. The SMILES string of the molecule is CC1CN(S(=O)(=O)c2cc(Cl)ccc2N)CCN1C. The maximum atomic E-state index is 12.6. The molecule has 19 heavy (non-hydrogen) atoms. The van der Waals surface area contributed by atoms with Crippen molar-refractivity contribution in [3.8, 4) is 0 Å². The molecule has 1 fully saturated rings. The topological polar surface area (TPSA) is 66.6 Å². The van der Waals surface area contributed by atoms with Gasteiger partial charge in [0.05, 0.1) is 5.69 Å². The summed E-state index contributed by atoms with van der Waals surface area (Å²) in [7, 11) is -1.59. The highest BCUT2D eigenvalue weighted by atomic mass is 35.5. The molecule has 0 amide bonds. The van der Waals surface area contributed by atoms with Crippen molar-refractivity contribution < 1.29 is 8.42 Å². The lowest BCUT2D eigenvalue weighted by Gasteiger charge is -2.36. The molecule has 7 heteroatoms. The second-order valence-corrected chi connectivity index (χ2v) is 7.22. The van der Waals surface area contributed by atoms with Gasteiger partial charge in [0.25, 0.3) is 0 Å². The van der Waals surface area contributed by atoms with E-state index in [4.69, 9.17) is 17.3 Å². The number of hydrogen-bond acceptors (Lipinski definition) is 4. The van der Waals surface area contributed by atoms with Crippen molar-refractivity contribution in [1.29, 1.82) is 0 Å². The van der Waals surface area contributed by atoms with Crippen LogP contribution in [0.25, 0.3) is 0 Å². The number of sulfonamides is 1. The molecule has 0 saturated carbocycles. The van der Waals surface area contributed by atoms with Gasteiger partial charge in [-0.15, -0.1) is 0 Å². The summed E-state index contributed by atoms with van der Waals surface area (Å²) in [6.07, 6.45) is 0. The summed E-state index contributed by atoms with van der Waals surface area (Å²) in [6.45, 7) is 3.64. The number of piperazine rings is 1. The van der Waals surface area contributed by atoms with E-state index in [1.165, 1.54) is 16.4 Å². The Morgan fingerprint density at radius 3 is 2.68 bits per heavy atom. The van der Waals surface area contributed by atoms with Crippen LogP contribution in [0.15, 0.2) is 23.1 Å². The van der Waals surface area contributed by atoms with Crippen molar-refractivity contribution in [1.82, 2.24) is 9.21 Å². The van der Waals surface area contributed by atoms with Crippen molar-refractivity contribution >= 4 is 27.3 Å². The van der Waals surface area contributed by atoms with E-state index in [9.17, 15) is 8.42 Å². The van der Waals surface area contributed by atoms with Gasteiger partial charge < -0.3 is 10.6 Å². The highest BCUT2D eigenvalue weighted by Gasteiger charge is 2.32. The van der Waals surface area contributed by atoms with Gasteiger partial charge in [0, 0.05) is 30.7 Å². The van der Waals surface area contributed by atoms with Crippen LogP contribution in [0, 0.1) is 0 Å². The predicted molar refractivity (Wildman–Crippen MR) is 76.7 cm³/mol. The zero-order chi connectivity index (χ0) is 14.2. The summed E-state index contributed by atoms with van der Waals surface area (Å²) in [4.78, 5) is 2.23. The lowest BCUT2D eigenvalue weighted by molar-refractivity contribution is 0.159. The number of halogens is 1. The molecular formula is C12H18ClN3O2S. The molecule has 106 valence electrons. The molecular weight excluding hydrogens is 286 g/mol. The van der Waals surface area contributed by atoms with Crippen LogP contribution in [-0.4, -0.2) is 50.3 Å². The fourth-order valence-electron chi connectivity index (χ4n) is 2.10. The Kier molecular flexibility index (Phi) is 4.06. The number of likely N-dealkylation sites (N-methyl/N-ethyl adjacent to an activating group) is 1. The summed E-state index contributed by atoms with van der Waals surface area (Å²) in [6, 6.07) is 4.70. The number of hydrogen-bond donors (Lipinski definition) is 1. The molecule has 0 bridgehead atoms. The van der Waals surface area contributed by atoms with Crippen LogP contribution in [0.3, 0.4) is 0 Å². The zero-order valence-electron chi connectivity index (χ0n) is 11.0. The van der Waals surface area contributed by atoms with Crippen LogP contribution >= 0.6 is 11.6 Å². The number of nitrogen functional groups attached to an aromatic ring is 1. The number of rotatable bonds is 2. The Hall–Kier alpha value is -0.820. The van der Waals surface area contributed by atoms with Gasteiger partial charge in [0.15, 0.2) is 0 Å². The summed E-state index contributed by atoms with van der Waals surface area (Å²) in [5.41, 5.74) is 6.00. The van der Waals surface area contributed by atoms with Crippen molar-refractivity contribution in [2.75, 3.05) is 32.4 Å². The van der Waals surface area contributed by atoms with Gasteiger partial charge in [-0.25, -0.2) is 8.42 Å². The highest BCUT2D eigenvalue weighted by Crippen LogP contribution is 2.27. The van der Waals surface area contributed by atoms with Gasteiger partial charge in [0.2, 0.25) is 10.0 Å². The van der Waals surface area contributed by atoms with Gasteiger partial charge in [0.1, 0.15) is 4.90 Å². The fraction of sp³-hybridized carbons (Fsp3) is 0.500. The zero-order valence-corrected chi connectivity index (χ0v) is 12.6. The van der Waals surface area contributed by atoms with Gasteiger partial charge in [-0.05, 0) is 32.2 Å². The molecule has 2 N–H and O–H groups in total. The van der Waals surface area contributed by atoms with Crippen LogP contribution in [-0.2, 0) is 10.0 Å². The summed E-state index contributed by atoms with van der Waals surface area (Å²) < 4.78 is 26.6. The minimum absolute atomic E-state index is 0.0942. The number of anilines is 1. The molecule has 2 rings (SSSR count). The molecule has 0 spiro atoms. The Labute approximate surface area is 119 Å². The molecule has 1 aromatic carbocycles. The van der Waals surface area contributed by atoms with Crippen molar-refractivity contribution in [2.45, 2.75) is 17.9 Å². The Bertz CT molecular complexity index is 576. The van der Waals surface area contributed by atoms with E-state index >= 15 is 0 Å². The largest absolute Gasteiger partial charge is 0.398 e. The van der Waals surface area contributed by atoms with Crippen LogP contribution in [0.5, 0.6) is 0 Å². The second kappa shape index (κ2) is 5.28. The van der Waals surface area contributed by atoms with Crippen molar-refractivity contribution in [3.63, 3.8) is 0 Å². The van der Waals surface area contributed by atoms with E-state index in [1.54, 1.807) is 6.07 Å². The first-order valence-electron chi connectivity index (χ1n) is 6.08. The standard InChI is InChI=1S/C12H18ClN3O2S/c1-9-8-16(6-5-15(9)2)19(17,18)12-7-10(13)3-4-11(12)14/h3-4,7,9H,5-6,8,14H2,1-2H3. The van der Waals surface area contributed by atoms with Crippen LogP contribution in [0.1, 0.15) is 6.92 Å². The quantitative estimate of drug-likeness (QED) is 0.835.